The number of nitrogens with two attached hydrogens (primary N) is 2. The summed E-state index contributed by atoms with van der Waals surface area (Å²) < 4.78 is 0. The molecular formula is C8H12ClN3. The fourth-order valence-electron chi connectivity index (χ4n) is 0.912. The zero-order valence-corrected chi connectivity index (χ0v) is 7.46. The molecule has 12 heavy (non-hydrogen) atoms. The Balaban J connectivity index is 2.63. The second-order valence-electron chi connectivity index (χ2n) is 2.67. The fraction of sp³-hybridized carbons (Fsp3) is 0.375. The lowest BCUT2D eigenvalue weighted by Crippen LogP contribution is -2.31. The van der Waals surface area contributed by atoms with Crippen molar-refractivity contribution in [1.82, 2.24) is 4.98 Å². The number of rotatable bonds is 3. The molecule has 1 aromatic heterocycles. The molecule has 1 aromatic rings. The summed E-state index contributed by atoms with van der Waals surface area (Å²) in [6.07, 6.45) is 2.35. The van der Waals surface area contributed by atoms with E-state index < -0.39 is 0 Å². The first-order valence-electron chi connectivity index (χ1n) is 3.78. The molecule has 0 aliphatic carbocycles. The number of aromatic nitrogens is 1. The van der Waals surface area contributed by atoms with Crippen LogP contribution in [0.15, 0.2) is 18.3 Å². The Hall–Kier alpha value is -0.640. The number of pyridine rings is 1. The first-order valence-corrected chi connectivity index (χ1v) is 4.16. The van der Waals surface area contributed by atoms with Crippen LogP contribution in [0.5, 0.6) is 0 Å². The molecule has 0 amide bonds. The van der Waals surface area contributed by atoms with Gasteiger partial charge in [-0.2, -0.15) is 0 Å². The van der Waals surface area contributed by atoms with Crippen LogP contribution in [0.25, 0.3) is 0 Å². The van der Waals surface area contributed by atoms with Gasteiger partial charge < -0.3 is 11.5 Å². The molecule has 0 aliphatic rings. The Kier molecular flexibility index (Phi) is 3.47. The van der Waals surface area contributed by atoms with Gasteiger partial charge in [-0.15, -0.1) is 0 Å². The van der Waals surface area contributed by atoms with E-state index in [9.17, 15) is 0 Å². The first kappa shape index (κ1) is 9.45. The molecule has 1 atom stereocenters. The van der Waals surface area contributed by atoms with Crippen LogP contribution in [0.3, 0.4) is 0 Å². The van der Waals surface area contributed by atoms with Crippen molar-refractivity contribution in [1.29, 1.82) is 0 Å². The Bertz CT molecular complexity index is 252. The molecule has 0 aliphatic heterocycles. The molecule has 1 rings (SSSR count). The number of nitrogens with zero attached hydrogens (tertiary/aromatic N) is 1. The van der Waals surface area contributed by atoms with Crippen molar-refractivity contribution < 1.29 is 0 Å². The Morgan fingerprint density at radius 1 is 1.58 bits per heavy atom. The molecule has 1 heterocycles. The molecule has 0 radical (unpaired) electrons. The van der Waals surface area contributed by atoms with E-state index in [0.29, 0.717) is 18.0 Å². The number of hydrogen-bond donors (Lipinski definition) is 2. The SMILES string of the molecule is NCC(N)Cc1cc(Cl)ccn1. The molecule has 1 unspecified atom stereocenters. The van der Waals surface area contributed by atoms with Crippen LogP contribution in [-0.4, -0.2) is 17.6 Å². The van der Waals surface area contributed by atoms with Crippen LogP contribution in [0.4, 0.5) is 0 Å². The zero-order chi connectivity index (χ0) is 8.97. The van der Waals surface area contributed by atoms with Gasteiger partial charge in [0.05, 0.1) is 0 Å². The van der Waals surface area contributed by atoms with Gasteiger partial charge in [-0.25, -0.2) is 0 Å². The minimum atomic E-state index is -0.0315. The first-order chi connectivity index (χ1) is 5.72. The largest absolute Gasteiger partial charge is 0.329 e. The summed E-state index contributed by atoms with van der Waals surface area (Å²) in [5.41, 5.74) is 11.9. The lowest BCUT2D eigenvalue weighted by atomic mass is 10.1. The highest BCUT2D eigenvalue weighted by molar-refractivity contribution is 6.30. The van der Waals surface area contributed by atoms with E-state index in [4.69, 9.17) is 23.1 Å². The second-order valence-corrected chi connectivity index (χ2v) is 3.10. The van der Waals surface area contributed by atoms with Crippen molar-refractivity contribution >= 4 is 11.6 Å². The van der Waals surface area contributed by atoms with Crippen molar-refractivity contribution in [3.63, 3.8) is 0 Å². The van der Waals surface area contributed by atoms with Crippen LogP contribution < -0.4 is 11.5 Å². The third-order valence-electron chi connectivity index (χ3n) is 1.55. The van der Waals surface area contributed by atoms with Gasteiger partial charge in [-0.05, 0) is 12.1 Å². The smallest absolute Gasteiger partial charge is 0.0439 e. The molecule has 0 saturated heterocycles. The average Bonchev–Trinajstić information content (AvgIpc) is 2.04. The van der Waals surface area contributed by atoms with E-state index >= 15 is 0 Å². The molecule has 4 N–H and O–H groups in total. The quantitative estimate of drug-likeness (QED) is 0.724. The van der Waals surface area contributed by atoms with Gasteiger partial charge in [0.2, 0.25) is 0 Å². The van der Waals surface area contributed by atoms with Gasteiger partial charge >= 0.3 is 0 Å². The average molecular weight is 186 g/mol. The predicted octanol–water partition coefficient (Wildman–Crippen LogP) is 0.564. The standard InChI is InChI=1S/C8H12ClN3/c9-6-1-2-12-8(3-6)4-7(11)5-10/h1-3,7H,4-5,10-11H2. The minimum absolute atomic E-state index is 0.0315. The highest BCUT2D eigenvalue weighted by Crippen LogP contribution is 2.08. The van der Waals surface area contributed by atoms with E-state index in [1.165, 1.54) is 0 Å². The molecule has 0 fully saturated rings. The van der Waals surface area contributed by atoms with Crippen LogP contribution in [-0.2, 0) is 6.42 Å². The second kappa shape index (κ2) is 4.40. The molecule has 0 spiro atoms. The van der Waals surface area contributed by atoms with E-state index in [2.05, 4.69) is 4.98 Å². The van der Waals surface area contributed by atoms with Crippen LogP contribution >= 0.6 is 11.6 Å². The van der Waals surface area contributed by atoms with Crippen molar-refractivity contribution in [3.05, 3.63) is 29.0 Å². The van der Waals surface area contributed by atoms with E-state index in [-0.39, 0.29) is 6.04 Å². The normalized spacial score (nSPS) is 12.9. The van der Waals surface area contributed by atoms with Crippen molar-refractivity contribution in [2.45, 2.75) is 12.5 Å². The lowest BCUT2D eigenvalue weighted by Gasteiger charge is -2.07. The minimum Gasteiger partial charge on any atom is -0.329 e. The van der Waals surface area contributed by atoms with Crippen molar-refractivity contribution in [2.24, 2.45) is 11.5 Å². The molecule has 3 nitrogen and oxygen atoms in total. The Labute approximate surface area is 76.7 Å². The Morgan fingerprint density at radius 3 is 2.92 bits per heavy atom. The van der Waals surface area contributed by atoms with Crippen LogP contribution in [0.2, 0.25) is 5.02 Å². The molecule has 4 heteroatoms. The summed E-state index contributed by atoms with van der Waals surface area (Å²) >= 11 is 5.76. The van der Waals surface area contributed by atoms with Gasteiger partial charge in [-0.3, -0.25) is 4.98 Å². The van der Waals surface area contributed by atoms with Crippen molar-refractivity contribution in [2.75, 3.05) is 6.54 Å². The summed E-state index contributed by atoms with van der Waals surface area (Å²) in [5.74, 6) is 0. The van der Waals surface area contributed by atoms with Gasteiger partial charge in [0.15, 0.2) is 0 Å². The maximum absolute atomic E-state index is 5.76. The molecular weight excluding hydrogens is 174 g/mol. The van der Waals surface area contributed by atoms with Crippen molar-refractivity contribution in [3.8, 4) is 0 Å². The monoisotopic (exact) mass is 185 g/mol. The summed E-state index contributed by atoms with van der Waals surface area (Å²) in [5, 5.41) is 0.684. The highest BCUT2D eigenvalue weighted by atomic mass is 35.5. The zero-order valence-electron chi connectivity index (χ0n) is 6.70. The summed E-state index contributed by atoms with van der Waals surface area (Å²) in [7, 11) is 0. The van der Waals surface area contributed by atoms with E-state index in [1.54, 1.807) is 18.3 Å². The number of halogens is 1. The summed E-state index contributed by atoms with van der Waals surface area (Å²) in [6.45, 7) is 0.466. The van der Waals surface area contributed by atoms with Gasteiger partial charge in [0, 0.05) is 35.9 Å². The molecule has 0 saturated carbocycles. The van der Waals surface area contributed by atoms with Crippen LogP contribution in [0, 0.1) is 0 Å². The van der Waals surface area contributed by atoms with Gasteiger partial charge in [-0.1, -0.05) is 11.6 Å². The van der Waals surface area contributed by atoms with Crippen LogP contribution in [0.1, 0.15) is 5.69 Å². The topological polar surface area (TPSA) is 64.9 Å². The van der Waals surface area contributed by atoms with E-state index in [0.717, 1.165) is 5.69 Å². The number of hydrogen-bond acceptors (Lipinski definition) is 3. The molecule has 0 bridgehead atoms. The van der Waals surface area contributed by atoms with E-state index in [1.807, 2.05) is 0 Å². The summed E-state index contributed by atoms with van der Waals surface area (Å²) in [6, 6.07) is 3.51. The molecule has 66 valence electrons. The molecule has 0 aromatic carbocycles. The third-order valence-corrected chi connectivity index (χ3v) is 1.79. The third kappa shape index (κ3) is 2.77. The predicted molar refractivity (Wildman–Crippen MR) is 50.0 cm³/mol. The Morgan fingerprint density at radius 2 is 2.33 bits per heavy atom. The fourth-order valence-corrected chi connectivity index (χ4v) is 1.09. The maximum atomic E-state index is 5.76. The highest BCUT2D eigenvalue weighted by Gasteiger charge is 2.02. The summed E-state index contributed by atoms with van der Waals surface area (Å²) in [4.78, 5) is 4.11. The van der Waals surface area contributed by atoms with Gasteiger partial charge in [0.25, 0.3) is 0 Å². The lowest BCUT2D eigenvalue weighted by molar-refractivity contribution is 0.667. The van der Waals surface area contributed by atoms with Gasteiger partial charge in [0.1, 0.15) is 0 Å². The maximum Gasteiger partial charge on any atom is 0.0439 e.